The first-order valence-electron chi connectivity index (χ1n) is 10.7. The van der Waals surface area contributed by atoms with E-state index in [1.54, 1.807) is 11.3 Å². The fourth-order valence-corrected chi connectivity index (χ4v) is 4.65. The van der Waals surface area contributed by atoms with Gasteiger partial charge in [0.1, 0.15) is 0 Å². The zero-order valence-corrected chi connectivity index (χ0v) is 18.3. The molecule has 28 heavy (non-hydrogen) atoms. The van der Waals surface area contributed by atoms with E-state index in [4.69, 9.17) is 9.72 Å². The minimum Gasteiger partial charge on any atom is -0.449 e. The van der Waals surface area contributed by atoms with Crippen molar-refractivity contribution < 1.29 is 9.53 Å². The predicted molar refractivity (Wildman–Crippen MR) is 117 cm³/mol. The number of rotatable bonds is 8. The number of anilines is 1. The van der Waals surface area contributed by atoms with Crippen LogP contribution >= 0.6 is 11.3 Å². The van der Waals surface area contributed by atoms with Crippen LogP contribution in [0.4, 0.5) is 9.93 Å². The van der Waals surface area contributed by atoms with Gasteiger partial charge in [0, 0.05) is 26.2 Å². The Balaban J connectivity index is 1.50. The summed E-state index contributed by atoms with van der Waals surface area (Å²) in [4.78, 5) is 21.3. The quantitative estimate of drug-likeness (QED) is 0.597. The molecule has 0 saturated carbocycles. The summed E-state index contributed by atoms with van der Waals surface area (Å²) in [5, 5.41) is 1.06. The maximum absolute atomic E-state index is 12.4. The molecule has 0 spiro atoms. The largest absolute Gasteiger partial charge is 0.449 e. The highest BCUT2D eigenvalue weighted by Gasteiger charge is 2.24. The molecule has 5 nitrogen and oxygen atoms in total. The first-order valence-corrected chi connectivity index (χ1v) is 11.5. The van der Waals surface area contributed by atoms with E-state index in [0.717, 1.165) is 43.0 Å². The number of piperazine rings is 1. The number of nitrogens with zero attached hydrogens (tertiary/aromatic N) is 3. The molecule has 0 aliphatic carbocycles. The number of aryl methyl sites for hydroxylation is 1. The summed E-state index contributed by atoms with van der Waals surface area (Å²) < 4.78 is 6.85. The van der Waals surface area contributed by atoms with Gasteiger partial charge in [-0.25, -0.2) is 9.78 Å². The molecule has 2 heterocycles. The molecule has 1 aliphatic heterocycles. The number of unbranched alkanes of at least 4 members (excludes halogenated alkanes) is 1. The average molecular weight is 404 g/mol. The molecule has 6 heteroatoms. The Hall–Kier alpha value is -1.82. The molecule has 2 aromatic rings. The van der Waals surface area contributed by atoms with E-state index >= 15 is 0 Å². The molecule has 1 saturated heterocycles. The third kappa shape index (κ3) is 5.16. The number of thiazole rings is 1. The maximum Gasteiger partial charge on any atom is 0.409 e. The van der Waals surface area contributed by atoms with Gasteiger partial charge in [-0.15, -0.1) is 0 Å². The van der Waals surface area contributed by atoms with E-state index in [0.29, 0.717) is 25.6 Å². The van der Waals surface area contributed by atoms with E-state index in [1.807, 2.05) is 4.90 Å². The molecule has 0 N–H and O–H groups in total. The number of carbonyl (C=O) groups excluding carboxylic acids is 1. The highest BCUT2D eigenvalue weighted by molar-refractivity contribution is 7.22. The van der Waals surface area contributed by atoms with Gasteiger partial charge in [-0.05, 0) is 36.5 Å². The van der Waals surface area contributed by atoms with Gasteiger partial charge < -0.3 is 14.5 Å². The second-order valence-electron chi connectivity index (χ2n) is 7.62. The van der Waals surface area contributed by atoms with Crippen molar-refractivity contribution in [2.75, 3.05) is 37.7 Å². The minimum absolute atomic E-state index is 0.161. The molecule has 1 unspecified atom stereocenters. The van der Waals surface area contributed by atoms with Crippen LogP contribution in [-0.4, -0.2) is 48.8 Å². The van der Waals surface area contributed by atoms with Crippen molar-refractivity contribution >= 4 is 32.8 Å². The second-order valence-corrected chi connectivity index (χ2v) is 8.63. The Morgan fingerprint density at radius 3 is 2.68 bits per heavy atom. The van der Waals surface area contributed by atoms with Gasteiger partial charge in [-0.1, -0.05) is 57.4 Å². The lowest BCUT2D eigenvalue weighted by Crippen LogP contribution is -2.49. The van der Waals surface area contributed by atoms with Crippen LogP contribution in [-0.2, 0) is 11.2 Å². The van der Waals surface area contributed by atoms with Gasteiger partial charge in [0.05, 0.1) is 16.8 Å². The lowest BCUT2D eigenvalue weighted by Gasteiger charge is -2.34. The number of amides is 1. The Labute approximate surface area is 172 Å². The average Bonchev–Trinajstić information content (AvgIpc) is 3.17. The molecule has 1 aromatic carbocycles. The molecule has 1 fully saturated rings. The second kappa shape index (κ2) is 10.1. The van der Waals surface area contributed by atoms with Crippen molar-refractivity contribution in [2.45, 2.75) is 52.9 Å². The van der Waals surface area contributed by atoms with Crippen molar-refractivity contribution in [1.82, 2.24) is 9.88 Å². The minimum atomic E-state index is -0.161. The predicted octanol–water partition coefficient (Wildman–Crippen LogP) is 5.33. The lowest BCUT2D eigenvalue weighted by atomic mass is 10.0. The number of benzene rings is 1. The van der Waals surface area contributed by atoms with E-state index in [9.17, 15) is 4.79 Å². The van der Waals surface area contributed by atoms with Gasteiger partial charge in [-0.2, -0.15) is 0 Å². The van der Waals surface area contributed by atoms with E-state index < -0.39 is 0 Å². The summed E-state index contributed by atoms with van der Waals surface area (Å²) in [6.07, 6.45) is 5.49. The zero-order valence-electron chi connectivity index (χ0n) is 17.4. The maximum atomic E-state index is 12.4. The highest BCUT2D eigenvalue weighted by atomic mass is 32.1. The van der Waals surface area contributed by atoms with Crippen molar-refractivity contribution in [2.24, 2.45) is 5.92 Å². The Kier molecular flexibility index (Phi) is 7.54. The molecule has 1 aromatic heterocycles. The zero-order chi connectivity index (χ0) is 19.9. The van der Waals surface area contributed by atoms with Crippen LogP contribution in [0.1, 0.15) is 52.0 Å². The van der Waals surface area contributed by atoms with E-state index in [-0.39, 0.29) is 6.09 Å². The number of fused-ring (bicyclic) bond motifs is 1. The smallest absolute Gasteiger partial charge is 0.409 e. The number of hydrogen-bond acceptors (Lipinski definition) is 5. The fraction of sp³-hybridized carbons (Fsp3) is 0.636. The van der Waals surface area contributed by atoms with E-state index in [1.165, 1.54) is 23.1 Å². The number of hydrogen-bond donors (Lipinski definition) is 0. The number of ether oxygens (including phenoxy) is 1. The summed E-state index contributed by atoms with van der Waals surface area (Å²) >= 11 is 1.75. The Morgan fingerprint density at radius 2 is 2.00 bits per heavy atom. The van der Waals surface area contributed by atoms with Crippen molar-refractivity contribution in [3.63, 3.8) is 0 Å². The van der Waals surface area contributed by atoms with Crippen LogP contribution in [0.5, 0.6) is 0 Å². The molecule has 1 aliphatic rings. The van der Waals surface area contributed by atoms with Crippen molar-refractivity contribution in [3.8, 4) is 0 Å². The summed E-state index contributed by atoms with van der Waals surface area (Å²) in [6.45, 7) is 10.1. The van der Waals surface area contributed by atoms with Crippen LogP contribution in [0.2, 0.25) is 0 Å². The standard InChI is InChI=1S/C22H33N3O2S/c1-4-7-8-18(6-3)16-27-22(26)25-13-11-24(12-14-25)21-23-19-10-9-17(5-2)15-20(19)28-21/h9-10,15,18H,4-8,11-14,16H2,1-3H3. The first kappa shape index (κ1) is 20.9. The fourth-order valence-electron chi connectivity index (χ4n) is 3.57. The summed E-state index contributed by atoms with van der Waals surface area (Å²) in [7, 11) is 0. The molecule has 0 bridgehead atoms. The third-order valence-electron chi connectivity index (χ3n) is 5.64. The topological polar surface area (TPSA) is 45.7 Å². The molecule has 0 radical (unpaired) electrons. The SMILES string of the molecule is CCCCC(CC)COC(=O)N1CCN(c2nc3ccc(CC)cc3s2)CC1. The van der Waals surface area contributed by atoms with Crippen LogP contribution in [0, 0.1) is 5.92 Å². The van der Waals surface area contributed by atoms with Gasteiger partial charge in [0.15, 0.2) is 5.13 Å². The van der Waals surface area contributed by atoms with Gasteiger partial charge in [0.25, 0.3) is 0 Å². The van der Waals surface area contributed by atoms with Crippen LogP contribution < -0.4 is 4.90 Å². The number of aromatic nitrogens is 1. The molecule has 3 rings (SSSR count). The van der Waals surface area contributed by atoms with Crippen LogP contribution in [0.15, 0.2) is 18.2 Å². The van der Waals surface area contributed by atoms with Gasteiger partial charge in [-0.3, -0.25) is 0 Å². The molecular formula is C22H33N3O2S. The Morgan fingerprint density at radius 1 is 1.21 bits per heavy atom. The van der Waals surface area contributed by atoms with Gasteiger partial charge >= 0.3 is 6.09 Å². The van der Waals surface area contributed by atoms with Crippen molar-refractivity contribution in [1.29, 1.82) is 0 Å². The van der Waals surface area contributed by atoms with Crippen molar-refractivity contribution in [3.05, 3.63) is 23.8 Å². The van der Waals surface area contributed by atoms with E-state index in [2.05, 4.69) is 43.9 Å². The Bertz CT molecular complexity index is 768. The number of carbonyl (C=O) groups is 1. The summed E-state index contributed by atoms with van der Waals surface area (Å²) in [5.41, 5.74) is 2.41. The van der Waals surface area contributed by atoms with Crippen LogP contribution in [0.3, 0.4) is 0 Å². The molecular weight excluding hydrogens is 370 g/mol. The van der Waals surface area contributed by atoms with Gasteiger partial charge in [0.2, 0.25) is 0 Å². The monoisotopic (exact) mass is 403 g/mol. The molecule has 1 atom stereocenters. The van der Waals surface area contributed by atoms with Crippen LogP contribution in [0.25, 0.3) is 10.2 Å². The third-order valence-corrected chi connectivity index (χ3v) is 6.72. The summed E-state index contributed by atoms with van der Waals surface area (Å²) in [6, 6.07) is 6.52. The highest BCUT2D eigenvalue weighted by Crippen LogP contribution is 2.30. The normalized spacial score (nSPS) is 15.8. The lowest BCUT2D eigenvalue weighted by molar-refractivity contribution is 0.0830. The molecule has 1 amide bonds. The summed E-state index contributed by atoms with van der Waals surface area (Å²) in [5.74, 6) is 0.487. The first-order chi connectivity index (χ1) is 13.6. The molecule has 154 valence electrons.